The zero-order chi connectivity index (χ0) is 21.6. The van der Waals surface area contributed by atoms with Crippen LogP contribution in [0.3, 0.4) is 0 Å². The van der Waals surface area contributed by atoms with E-state index in [0.29, 0.717) is 11.4 Å². The number of fused-ring (bicyclic) bond motifs is 3. The third-order valence-electron chi connectivity index (χ3n) is 4.92. The van der Waals surface area contributed by atoms with Gasteiger partial charge in [-0.05, 0) is 17.7 Å². The van der Waals surface area contributed by atoms with E-state index in [9.17, 15) is 31.5 Å². The summed E-state index contributed by atoms with van der Waals surface area (Å²) in [4.78, 5) is 30.5. The second-order valence-corrected chi connectivity index (χ2v) is 7.05. The fraction of sp³-hybridized carbons (Fsp3) is 0.389. The molecule has 160 valence electrons. The van der Waals surface area contributed by atoms with Crippen LogP contribution in [0.2, 0.25) is 0 Å². The molecule has 1 aromatic heterocycles. The maximum Gasteiger partial charge on any atom is 0.406 e. The average Bonchev–Trinajstić information content (AvgIpc) is 3.00. The number of piperazine rings is 1. The quantitative estimate of drug-likeness (QED) is 0.691. The minimum absolute atomic E-state index is 0.0895. The molecule has 2 aliphatic heterocycles. The number of alkyl halides is 3. The van der Waals surface area contributed by atoms with Crippen LogP contribution in [0.15, 0.2) is 29.1 Å². The molecule has 1 unspecified atom stereocenters. The van der Waals surface area contributed by atoms with Gasteiger partial charge in [-0.1, -0.05) is 6.07 Å². The van der Waals surface area contributed by atoms with Gasteiger partial charge in [-0.3, -0.25) is 9.36 Å². The lowest BCUT2D eigenvalue weighted by Gasteiger charge is -2.37. The second-order valence-electron chi connectivity index (χ2n) is 7.05. The molecule has 2 aliphatic rings. The summed E-state index contributed by atoms with van der Waals surface area (Å²) in [6.45, 7) is -1.93. The van der Waals surface area contributed by atoms with Gasteiger partial charge in [-0.2, -0.15) is 18.2 Å². The number of nitrogens with zero attached hydrogens (tertiary/aromatic N) is 4. The summed E-state index contributed by atoms with van der Waals surface area (Å²) in [5.74, 6) is -2.54. The van der Waals surface area contributed by atoms with E-state index in [1.807, 2.05) is 0 Å². The molecular weight excluding hydrogens is 415 g/mol. The Morgan fingerprint density at radius 3 is 2.57 bits per heavy atom. The average molecular weight is 430 g/mol. The van der Waals surface area contributed by atoms with Crippen molar-refractivity contribution in [2.45, 2.75) is 25.4 Å². The number of carbonyl (C=O) groups excluding carboxylic acids is 1. The lowest BCUT2D eigenvalue weighted by Crippen LogP contribution is -2.57. The Balaban J connectivity index is 1.52. The minimum atomic E-state index is -4.51. The van der Waals surface area contributed by atoms with Crippen molar-refractivity contribution < 1.29 is 31.5 Å². The molecular formula is C18H15F5N4O3. The van der Waals surface area contributed by atoms with Crippen LogP contribution >= 0.6 is 0 Å². The molecule has 1 saturated heterocycles. The van der Waals surface area contributed by atoms with Crippen molar-refractivity contribution >= 4 is 11.7 Å². The van der Waals surface area contributed by atoms with Crippen LogP contribution in [0, 0.1) is 11.6 Å². The Kier molecular flexibility index (Phi) is 4.86. The summed E-state index contributed by atoms with van der Waals surface area (Å²) in [5.41, 5.74) is -0.373. The summed E-state index contributed by atoms with van der Waals surface area (Å²) in [5, 5.41) is 0. The standard InChI is InChI=1S/C18H15F5N4O3/c19-12-2-1-10(3-13(12)20)8-30-14-4-15-26-7-16(28)25(9-18(21,22)23)5-11(26)6-27(15)17(29)24-14/h1-4,11H,5-9H2. The second kappa shape index (κ2) is 7.26. The van der Waals surface area contributed by atoms with E-state index >= 15 is 0 Å². The highest BCUT2D eigenvalue weighted by Gasteiger charge is 2.42. The van der Waals surface area contributed by atoms with E-state index in [4.69, 9.17) is 4.74 Å². The molecule has 1 fully saturated rings. The van der Waals surface area contributed by atoms with E-state index in [1.54, 1.807) is 4.90 Å². The van der Waals surface area contributed by atoms with Crippen molar-refractivity contribution in [2.75, 3.05) is 24.5 Å². The van der Waals surface area contributed by atoms with Crippen LogP contribution in [0.1, 0.15) is 5.56 Å². The molecule has 1 amide bonds. The minimum Gasteiger partial charge on any atom is -0.473 e. The third-order valence-corrected chi connectivity index (χ3v) is 4.92. The first-order valence-corrected chi connectivity index (χ1v) is 8.90. The highest BCUT2D eigenvalue weighted by Crippen LogP contribution is 2.30. The third kappa shape index (κ3) is 3.94. The Bertz CT molecular complexity index is 1060. The lowest BCUT2D eigenvalue weighted by molar-refractivity contribution is -0.162. The summed E-state index contributed by atoms with van der Waals surface area (Å²) in [6.07, 6.45) is -4.51. The van der Waals surface area contributed by atoms with Gasteiger partial charge in [0.15, 0.2) is 11.6 Å². The summed E-state index contributed by atoms with van der Waals surface area (Å²) in [7, 11) is 0. The van der Waals surface area contributed by atoms with Crippen LogP contribution in [-0.2, 0) is 17.9 Å². The van der Waals surface area contributed by atoms with Crippen molar-refractivity contribution in [3.05, 3.63) is 51.9 Å². The molecule has 4 rings (SSSR count). The highest BCUT2D eigenvalue weighted by molar-refractivity contribution is 5.83. The lowest BCUT2D eigenvalue weighted by atomic mass is 10.2. The molecule has 1 atom stereocenters. The zero-order valence-corrected chi connectivity index (χ0v) is 15.3. The topological polar surface area (TPSA) is 67.7 Å². The number of hydrogen-bond donors (Lipinski definition) is 0. The molecule has 3 heterocycles. The van der Waals surface area contributed by atoms with E-state index in [1.165, 1.54) is 16.7 Å². The van der Waals surface area contributed by atoms with Crippen LogP contribution in [0.5, 0.6) is 5.88 Å². The number of amides is 1. The molecule has 0 spiro atoms. The van der Waals surface area contributed by atoms with Crippen molar-refractivity contribution in [1.82, 2.24) is 14.5 Å². The van der Waals surface area contributed by atoms with Crippen LogP contribution in [0.25, 0.3) is 0 Å². The van der Waals surface area contributed by atoms with Crippen molar-refractivity contribution in [1.29, 1.82) is 0 Å². The maximum absolute atomic E-state index is 13.3. The monoisotopic (exact) mass is 430 g/mol. The zero-order valence-electron chi connectivity index (χ0n) is 15.3. The summed E-state index contributed by atoms with van der Waals surface area (Å²) in [6, 6.07) is 4.10. The molecule has 0 saturated carbocycles. The SMILES string of the molecule is O=C1CN2c3cc(OCc4ccc(F)c(F)c4)nc(=O)n3CC2CN1CC(F)(F)F. The predicted molar refractivity (Wildman–Crippen MR) is 93.0 cm³/mol. The molecule has 2 aromatic rings. The van der Waals surface area contributed by atoms with Gasteiger partial charge in [0.1, 0.15) is 19.0 Å². The number of rotatable bonds is 4. The van der Waals surface area contributed by atoms with Crippen molar-refractivity contribution in [2.24, 2.45) is 0 Å². The van der Waals surface area contributed by atoms with Crippen molar-refractivity contribution in [3.8, 4) is 5.88 Å². The number of carbonyl (C=O) groups is 1. The first-order valence-electron chi connectivity index (χ1n) is 8.90. The van der Waals surface area contributed by atoms with Gasteiger partial charge >= 0.3 is 11.9 Å². The fourth-order valence-electron chi connectivity index (χ4n) is 3.58. The number of halogens is 5. The molecule has 0 bridgehead atoms. The first kappa shape index (κ1) is 20.1. The normalized spacial score (nSPS) is 18.4. The van der Waals surface area contributed by atoms with Gasteiger partial charge in [0.2, 0.25) is 11.8 Å². The Morgan fingerprint density at radius 1 is 1.10 bits per heavy atom. The molecule has 0 N–H and O–H groups in total. The van der Waals surface area contributed by atoms with Crippen molar-refractivity contribution in [3.63, 3.8) is 0 Å². The van der Waals surface area contributed by atoms with E-state index in [0.717, 1.165) is 17.0 Å². The van der Waals surface area contributed by atoms with Crippen LogP contribution in [0.4, 0.5) is 27.8 Å². The summed E-state index contributed by atoms with van der Waals surface area (Å²) < 4.78 is 71.0. The Labute approximate surface area is 166 Å². The largest absolute Gasteiger partial charge is 0.473 e. The number of ether oxygens (including phenoxy) is 1. The van der Waals surface area contributed by atoms with Gasteiger partial charge in [0.05, 0.1) is 19.1 Å². The Morgan fingerprint density at radius 2 is 1.87 bits per heavy atom. The van der Waals surface area contributed by atoms with Gasteiger partial charge < -0.3 is 14.5 Å². The molecule has 0 radical (unpaired) electrons. The fourth-order valence-corrected chi connectivity index (χ4v) is 3.58. The van der Waals surface area contributed by atoms with E-state index < -0.39 is 42.0 Å². The Hall–Kier alpha value is -3.18. The first-order chi connectivity index (χ1) is 14.1. The van der Waals surface area contributed by atoms with E-state index in [-0.39, 0.29) is 32.1 Å². The summed E-state index contributed by atoms with van der Waals surface area (Å²) >= 11 is 0. The molecule has 30 heavy (non-hydrogen) atoms. The number of anilines is 1. The van der Waals surface area contributed by atoms with Gasteiger partial charge in [0.25, 0.3) is 0 Å². The number of hydrogen-bond acceptors (Lipinski definition) is 5. The smallest absolute Gasteiger partial charge is 0.406 e. The van der Waals surface area contributed by atoms with E-state index in [2.05, 4.69) is 4.98 Å². The number of aromatic nitrogens is 2. The van der Waals surface area contributed by atoms with Crippen LogP contribution < -0.4 is 15.3 Å². The van der Waals surface area contributed by atoms with Gasteiger partial charge in [0, 0.05) is 12.6 Å². The molecule has 0 aliphatic carbocycles. The van der Waals surface area contributed by atoms with Gasteiger partial charge in [-0.15, -0.1) is 0 Å². The van der Waals surface area contributed by atoms with Crippen LogP contribution in [-0.4, -0.2) is 52.2 Å². The predicted octanol–water partition coefficient (Wildman–Crippen LogP) is 1.69. The maximum atomic E-state index is 13.3. The molecule has 12 heteroatoms. The number of benzene rings is 1. The molecule has 1 aromatic carbocycles. The molecule has 7 nitrogen and oxygen atoms in total. The highest BCUT2D eigenvalue weighted by atomic mass is 19.4. The van der Waals surface area contributed by atoms with Gasteiger partial charge in [-0.25, -0.2) is 13.6 Å².